The van der Waals surface area contributed by atoms with Crippen LogP contribution in [0.3, 0.4) is 0 Å². The number of amides is 1. The van der Waals surface area contributed by atoms with E-state index < -0.39 is 0 Å². The molecule has 3 aromatic heterocycles. The number of carbonyl (C=O) groups is 1. The Balaban J connectivity index is 1.58. The first-order valence-corrected chi connectivity index (χ1v) is 9.55. The zero-order valence-corrected chi connectivity index (χ0v) is 16.0. The number of aromatic nitrogens is 4. The fourth-order valence-electron chi connectivity index (χ4n) is 2.56. The van der Waals surface area contributed by atoms with Crippen molar-refractivity contribution in [1.82, 2.24) is 19.6 Å². The molecule has 0 bridgehead atoms. The van der Waals surface area contributed by atoms with Gasteiger partial charge >= 0.3 is 0 Å². The van der Waals surface area contributed by atoms with Gasteiger partial charge in [-0.3, -0.25) is 14.5 Å². The average Bonchev–Trinajstić information content (AvgIpc) is 3.33. The van der Waals surface area contributed by atoms with Crippen LogP contribution in [-0.4, -0.2) is 32.6 Å². The van der Waals surface area contributed by atoms with Gasteiger partial charge < -0.3 is 4.74 Å². The van der Waals surface area contributed by atoms with Crippen LogP contribution in [0.1, 0.15) is 20.4 Å². The van der Waals surface area contributed by atoms with Crippen LogP contribution < -0.4 is 5.32 Å². The van der Waals surface area contributed by atoms with E-state index in [4.69, 9.17) is 4.74 Å². The van der Waals surface area contributed by atoms with Gasteiger partial charge in [-0.05, 0) is 31.2 Å². The second kappa shape index (κ2) is 7.14. The molecule has 0 fully saturated rings. The Morgan fingerprint density at radius 1 is 1.26 bits per heavy atom. The van der Waals surface area contributed by atoms with Gasteiger partial charge in [0.05, 0.1) is 5.69 Å². The van der Waals surface area contributed by atoms with E-state index in [9.17, 15) is 9.18 Å². The molecule has 0 aliphatic heterocycles. The molecule has 4 rings (SSSR count). The van der Waals surface area contributed by atoms with E-state index in [-0.39, 0.29) is 11.7 Å². The van der Waals surface area contributed by atoms with E-state index in [2.05, 4.69) is 20.5 Å². The van der Waals surface area contributed by atoms with Gasteiger partial charge in [0.15, 0.2) is 4.96 Å². The van der Waals surface area contributed by atoms with Crippen molar-refractivity contribution < 1.29 is 13.9 Å². The fourth-order valence-corrected chi connectivity index (χ4v) is 4.27. The van der Waals surface area contributed by atoms with Gasteiger partial charge in [0, 0.05) is 24.6 Å². The first-order chi connectivity index (χ1) is 13.0. The van der Waals surface area contributed by atoms with Crippen LogP contribution in [0, 0.1) is 12.7 Å². The van der Waals surface area contributed by atoms with Gasteiger partial charge in [0.25, 0.3) is 5.91 Å². The van der Waals surface area contributed by atoms with Crippen molar-refractivity contribution in [1.29, 1.82) is 0 Å². The highest BCUT2D eigenvalue weighted by Gasteiger charge is 2.19. The molecule has 0 spiro atoms. The molecule has 0 atom stereocenters. The number of methoxy groups -OCH3 is 1. The van der Waals surface area contributed by atoms with Crippen LogP contribution in [0.25, 0.3) is 16.2 Å². The Morgan fingerprint density at radius 2 is 2.04 bits per heavy atom. The van der Waals surface area contributed by atoms with Crippen LogP contribution >= 0.6 is 22.7 Å². The number of ether oxygens (including phenoxy) is 1. The van der Waals surface area contributed by atoms with Crippen LogP contribution in [0.4, 0.5) is 9.52 Å². The zero-order chi connectivity index (χ0) is 19.0. The van der Waals surface area contributed by atoms with Crippen molar-refractivity contribution in [2.24, 2.45) is 0 Å². The maximum Gasteiger partial charge on any atom is 0.269 e. The molecule has 4 aromatic rings. The number of imidazole rings is 1. The van der Waals surface area contributed by atoms with E-state index >= 15 is 0 Å². The SMILES string of the molecule is COCc1nnc(NC(=O)c2sc3nc(-c4ccc(F)cc4)cn3c2C)s1. The minimum Gasteiger partial charge on any atom is -0.377 e. The van der Waals surface area contributed by atoms with Gasteiger partial charge in [0.1, 0.15) is 22.3 Å². The molecular weight excluding hydrogens is 389 g/mol. The molecule has 138 valence electrons. The molecule has 0 saturated carbocycles. The number of halogens is 1. The number of hydrogen-bond donors (Lipinski definition) is 1. The third-order valence-electron chi connectivity index (χ3n) is 3.86. The number of aryl methyl sites for hydroxylation is 1. The number of carbonyl (C=O) groups excluding carboxylic acids is 1. The van der Waals surface area contributed by atoms with Crippen molar-refractivity contribution in [2.75, 3.05) is 12.4 Å². The van der Waals surface area contributed by atoms with Crippen molar-refractivity contribution in [2.45, 2.75) is 13.5 Å². The highest BCUT2D eigenvalue weighted by molar-refractivity contribution is 7.19. The lowest BCUT2D eigenvalue weighted by molar-refractivity contribution is 0.102. The molecule has 7 nitrogen and oxygen atoms in total. The second-order valence-corrected chi connectivity index (χ2v) is 7.73. The molecule has 1 aromatic carbocycles. The largest absolute Gasteiger partial charge is 0.377 e. The van der Waals surface area contributed by atoms with Crippen molar-refractivity contribution in [3.05, 3.63) is 51.9 Å². The number of nitrogens with one attached hydrogen (secondary N) is 1. The predicted octanol–water partition coefficient (Wildman–Crippen LogP) is 3.76. The predicted molar refractivity (Wildman–Crippen MR) is 102 cm³/mol. The van der Waals surface area contributed by atoms with E-state index in [1.807, 2.05) is 17.5 Å². The summed E-state index contributed by atoms with van der Waals surface area (Å²) in [5.74, 6) is -0.549. The van der Waals surface area contributed by atoms with Gasteiger partial charge in [0.2, 0.25) is 5.13 Å². The molecular formula is C17H14FN5O2S2. The van der Waals surface area contributed by atoms with Gasteiger partial charge in [-0.25, -0.2) is 9.37 Å². The summed E-state index contributed by atoms with van der Waals surface area (Å²) in [6.45, 7) is 2.20. The van der Waals surface area contributed by atoms with E-state index in [1.165, 1.54) is 34.8 Å². The lowest BCUT2D eigenvalue weighted by Crippen LogP contribution is -2.11. The summed E-state index contributed by atoms with van der Waals surface area (Å²) in [5, 5.41) is 11.8. The molecule has 1 amide bonds. The molecule has 0 aliphatic carbocycles. The number of anilines is 1. The summed E-state index contributed by atoms with van der Waals surface area (Å²) in [6.07, 6.45) is 1.84. The molecule has 0 saturated heterocycles. The topological polar surface area (TPSA) is 81.4 Å². The van der Waals surface area contributed by atoms with Crippen LogP contribution in [-0.2, 0) is 11.3 Å². The lowest BCUT2D eigenvalue weighted by Gasteiger charge is -2.00. The van der Waals surface area contributed by atoms with Crippen LogP contribution in [0.2, 0.25) is 0 Å². The summed E-state index contributed by atoms with van der Waals surface area (Å²) in [7, 11) is 1.57. The smallest absolute Gasteiger partial charge is 0.269 e. The molecule has 1 N–H and O–H groups in total. The maximum atomic E-state index is 13.1. The molecule has 0 radical (unpaired) electrons. The number of fused-ring (bicyclic) bond motifs is 1. The Labute approximate surface area is 161 Å². The Hall–Kier alpha value is -2.69. The third-order valence-corrected chi connectivity index (χ3v) is 5.83. The highest BCUT2D eigenvalue weighted by Crippen LogP contribution is 2.28. The summed E-state index contributed by atoms with van der Waals surface area (Å²) < 4.78 is 19.9. The molecule has 3 heterocycles. The number of thiazole rings is 1. The standard InChI is InChI=1S/C17H14FN5O2S2/c1-9-14(15(24)20-16-22-21-13(26-16)8-25-2)27-17-19-12(7-23(9)17)10-3-5-11(18)6-4-10/h3-7H,8H2,1-2H3,(H,20,22,24). The van der Waals surface area contributed by atoms with Gasteiger partial charge in [-0.15, -0.1) is 10.2 Å². The summed E-state index contributed by atoms with van der Waals surface area (Å²) in [5.41, 5.74) is 2.32. The summed E-state index contributed by atoms with van der Waals surface area (Å²) in [4.78, 5) is 18.4. The quantitative estimate of drug-likeness (QED) is 0.549. The first-order valence-electron chi connectivity index (χ1n) is 7.92. The first kappa shape index (κ1) is 17.7. The Morgan fingerprint density at radius 3 is 2.74 bits per heavy atom. The van der Waals surface area contributed by atoms with Crippen molar-refractivity contribution >= 4 is 38.7 Å². The van der Waals surface area contributed by atoms with Crippen LogP contribution in [0.15, 0.2) is 30.5 Å². The number of benzene rings is 1. The minimum atomic E-state index is -0.291. The van der Waals surface area contributed by atoms with Gasteiger partial charge in [-0.1, -0.05) is 22.7 Å². The second-order valence-electron chi connectivity index (χ2n) is 5.69. The summed E-state index contributed by atoms with van der Waals surface area (Å²) >= 11 is 2.55. The van der Waals surface area contributed by atoms with Crippen molar-refractivity contribution in [3.63, 3.8) is 0 Å². The molecule has 0 unspecified atom stereocenters. The van der Waals surface area contributed by atoms with E-state index in [0.717, 1.165) is 17.0 Å². The van der Waals surface area contributed by atoms with E-state index in [0.29, 0.717) is 26.6 Å². The number of rotatable bonds is 5. The summed E-state index contributed by atoms with van der Waals surface area (Å²) in [6, 6.07) is 6.15. The van der Waals surface area contributed by atoms with Crippen LogP contribution in [0.5, 0.6) is 0 Å². The monoisotopic (exact) mass is 403 g/mol. The highest BCUT2D eigenvalue weighted by atomic mass is 32.1. The third kappa shape index (κ3) is 3.46. The average molecular weight is 403 g/mol. The number of hydrogen-bond acceptors (Lipinski definition) is 7. The van der Waals surface area contributed by atoms with Gasteiger partial charge in [-0.2, -0.15) is 0 Å². The molecule has 0 aliphatic rings. The molecule has 27 heavy (non-hydrogen) atoms. The lowest BCUT2D eigenvalue weighted by atomic mass is 10.2. The minimum absolute atomic E-state index is 0.258. The fraction of sp³-hybridized carbons (Fsp3) is 0.176. The zero-order valence-electron chi connectivity index (χ0n) is 14.4. The normalized spacial score (nSPS) is 11.2. The van der Waals surface area contributed by atoms with E-state index in [1.54, 1.807) is 19.2 Å². The van der Waals surface area contributed by atoms with Crippen molar-refractivity contribution in [3.8, 4) is 11.3 Å². The maximum absolute atomic E-state index is 13.1. The Kier molecular flexibility index (Phi) is 4.68. The molecule has 10 heteroatoms. The Bertz CT molecular complexity index is 1120. The number of nitrogens with zero attached hydrogens (tertiary/aromatic N) is 4.